The van der Waals surface area contributed by atoms with Gasteiger partial charge in [-0.3, -0.25) is 0 Å². The lowest BCUT2D eigenvalue weighted by atomic mass is 10.1. The second-order valence-electron chi connectivity index (χ2n) is 8.26. The number of hydrogen-bond donors (Lipinski definition) is 0. The fraction of sp³-hybridized carbons (Fsp3) is 0.308. The van der Waals surface area contributed by atoms with Crippen LogP contribution in [0.5, 0.6) is 0 Å². The van der Waals surface area contributed by atoms with Gasteiger partial charge in [0, 0.05) is 33.4 Å². The number of fused-ring (bicyclic) bond motifs is 1. The number of azo groups is 1. The highest BCUT2D eigenvalue weighted by Crippen LogP contribution is 2.37. The topological polar surface area (TPSA) is 64.6 Å². The fourth-order valence-electron chi connectivity index (χ4n) is 4.04. The zero-order valence-corrected chi connectivity index (χ0v) is 21.5. The first-order valence-electron chi connectivity index (χ1n) is 11.6. The van der Waals surface area contributed by atoms with Crippen LogP contribution in [0.4, 0.5) is 16.5 Å². The van der Waals surface area contributed by atoms with Gasteiger partial charge in [-0.1, -0.05) is 24.7 Å². The Balaban J connectivity index is 1.28. The Morgan fingerprint density at radius 2 is 1.88 bits per heavy atom. The molecular formula is C26H25N5S3. The average molecular weight is 504 g/mol. The Morgan fingerprint density at radius 1 is 1.06 bits per heavy atom. The number of piperidine rings is 1. The van der Waals surface area contributed by atoms with Gasteiger partial charge in [0.15, 0.2) is 0 Å². The van der Waals surface area contributed by atoms with E-state index >= 15 is 0 Å². The Labute approximate surface area is 211 Å². The largest absolute Gasteiger partial charge is 0.372 e. The summed E-state index contributed by atoms with van der Waals surface area (Å²) in [4.78, 5) is 11.4. The lowest BCUT2D eigenvalue weighted by Gasteiger charge is -2.28. The van der Waals surface area contributed by atoms with Crippen molar-refractivity contribution < 1.29 is 0 Å². The van der Waals surface area contributed by atoms with E-state index in [4.69, 9.17) is 0 Å². The molecule has 5 rings (SSSR count). The van der Waals surface area contributed by atoms with Gasteiger partial charge in [0.25, 0.3) is 0 Å². The summed E-state index contributed by atoms with van der Waals surface area (Å²) < 4.78 is 1.07. The van der Waals surface area contributed by atoms with Crippen molar-refractivity contribution in [2.45, 2.75) is 39.0 Å². The third kappa shape index (κ3) is 5.27. The molecule has 4 aromatic rings. The van der Waals surface area contributed by atoms with Gasteiger partial charge in [-0.25, -0.2) is 4.98 Å². The number of thiophene rings is 2. The second-order valence-corrected chi connectivity index (χ2v) is 11.5. The van der Waals surface area contributed by atoms with Crippen LogP contribution in [0.1, 0.15) is 47.2 Å². The van der Waals surface area contributed by atoms with Crippen LogP contribution < -0.4 is 4.90 Å². The van der Waals surface area contributed by atoms with Crippen LogP contribution >= 0.6 is 34.0 Å². The van der Waals surface area contributed by atoms with E-state index < -0.39 is 0 Å². The van der Waals surface area contributed by atoms with Gasteiger partial charge in [0.05, 0.1) is 16.0 Å². The second kappa shape index (κ2) is 10.6. The molecular weight excluding hydrogens is 479 g/mol. The molecule has 172 valence electrons. The maximum absolute atomic E-state index is 9.67. The molecule has 0 saturated carbocycles. The number of hydrogen-bond acceptors (Lipinski definition) is 8. The molecule has 0 bridgehead atoms. The summed E-state index contributed by atoms with van der Waals surface area (Å²) in [6.45, 7) is 4.44. The quantitative estimate of drug-likeness (QED) is 0.187. The van der Waals surface area contributed by atoms with E-state index in [9.17, 15) is 5.26 Å². The number of allylic oxidation sites excluding steroid dienone is 1. The van der Waals surface area contributed by atoms with Crippen LogP contribution in [-0.2, 0) is 6.42 Å². The summed E-state index contributed by atoms with van der Waals surface area (Å²) in [5.74, 6) is 0. The van der Waals surface area contributed by atoms with Crippen LogP contribution in [0.15, 0.2) is 52.7 Å². The van der Waals surface area contributed by atoms with Crippen molar-refractivity contribution in [2.24, 2.45) is 10.2 Å². The zero-order valence-electron chi connectivity index (χ0n) is 19.0. The summed E-state index contributed by atoms with van der Waals surface area (Å²) in [6.07, 6.45) is 8.01. The number of benzene rings is 1. The first kappa shape index (κ1) is 22.9. The summed E-state index contributed by atoms with van der Waals surface area (Å²) in [6, 6.07) is 16.9. The summed E-state index contributed by atoms with van der Waals surface area (Å²) in [7, 11) is 0. The predicted octanol–water partition coefficient (Wildman–Crippen LogP) is 8.84. The SMILES string of the molecule is CCCc1ccc(/C(C#N)=C/c2cc3sc(N=Nc4ccc(N5CCCCC5)cc4)nc3s2)s1. The van der Waals surface area contributed by atoms with Gasteiger partial charge < -0.3 is 4.90 Å². The molecule has 0 amide bonds. The highest BCUT2D eigenvalue weighted by atomic mass is 32.1. The predicted molar refractivity (Wildman–Crippen MR) is 146 cm³/mol. The standard InChI is InChI=1S/C26H25N5S3/c1-2-6-21-11-12-23(32-21)18(17-27)15-22-16-24-25(33-22)28-26(34-24)30-29-19-7-9-20(10-8-19)31-13-4-3-5-14-31/h7-12,15-16H,2-6,13-14H2,1H3/b18-15+,30-29?. The minimum absolute atomic E-state index is 0.653. The van der Waals surface area contributed by atoms with E-state index in [1.54, 1.807) is 22.7 Å². The summed E-state index contributed by atoms with van der Waals surface area (Å²) >= 11 is 4.81. The summed E-state index contributed by atoms with van der Waals surface area (Å²) in [5, 5.41) is 19.1. The molecule has 34 heavy (non-hydrogen) atoms. The molecule has 0 spiro atoms. The van der Waals surface area contributed by atoms with Crippen LogP contribution in [0.25, 0.3) is 21.2 Å². The van der Waals surface area contributed by atoms with Gasteiger partial charge in [-0.2, -0.15) is 5.26 Å². The normalized spacial score (nSPS) is 14.8. The van der Waals surface area contributed by atoms with E-state index in [1.807, 2.05) is 18.2 Å². The number of anilines is 1. The molecule has 5 nitrogen and oxygen atoms in total. The first-order valence-corrected chi connectivity index (χ1v) is 14.0. The molecule has 1 fully saturated rings. The fourth-order valence-corrected chi connectivity index (χ4v) is 7.10. The van der Waals surface area contributed by atoms with E-state index in [0.717, 1.165) is 50.9 Å². The zero-order chi connectivity index (χ0) is 23.3. The average Bonchev–Trinajstić information content (AvgIpc) is 3.58. The molecule has 0 unspecified atom stereocenters. The van der Waals surface area contributed by atoms with Crippen molar-refractivity contribution in [3.05, 3.63) is 57.1 Å². The first-order chi connectivity index (χ1) is 16.7. The molecule has 1 saturated heterocycles. The van der Waals surface area contributed by atoms with Crippen molar-refractivity contribution in [3.63, 3.8) is 0 Å². The van der Waals surface area contributed by atoms with Crippen LogP contribution in [0, 0.1) is 11.3 Å². The lowest BCUT2D eigenvalue weighted by molar-refractivity contribution is 0.578. The number of aryl methyl sites for hydroxylation is 1. The monoisotopic (exact) mass is 503 g/mol. The number of nitrogens with zero attached hydrogens (tertiary/aromatic N) is 5. The van der Waals surface area contributed by atoms with Crippen molar-refractivity contribution in [1.82, 2.24) is 4.98 Å². The highest BCUT2D eigenvalue weighted by Gasteiger charge is 2.12. The molecule has 0 atom stereocenters. The Hall–Kier alpha value is -2.86. The number of aromatic nitrogens is 1. The van der Waals surface area contributed by atoms with Gasteiger partial charge >= 0.3 is 0 Å². The number of nitriles is 1. The van der Waals surface area contributed by atoms with E-state index in [0.29, 0.717) is 10.7 Å². The molecule has 1 aromatic carbocycles. The Kier molecular flexibility index (Phi) is 7.14. The molecule has 0 N–H and O–H groups in total. The summed E-state index contributed by atoms with van der Waals surface area (Å²) in [5.41, 5.74) is 2.80. The molecule has 0 radical (unpaired) electrons. The van der Waals surface area contributed by atoms with Crippen LogP contribution in [0.2, 0.25) is 0 Å². The maximum atomic E-state index is 9.67. The van der Waals surface area contributed by atoms with Gasteiger partial charge in [0.1, 0.15) is 10.9 Å². The van der Waals surface area contributed by atoms with Crippen molar-refractivity contribution in [3.8, 4) is 6.07 Å². The third-order valence-corrected chi connectivity index (χ3v) is 8.92. The van der Waals surface area contributed by atoms with Gasteiger partial charge in [0.2, 0.25) is 5.13 Å². The van der Waals surface area contributed by atoms with E-state index in [1.165, 1.54) is 41.2 Å². The van der Waals surface area contributed by atoms with Gasteiger partial charge in [-0.05, 0) is 74.2 Å². The molecule has 1 aliphatic rings. The van der Waals surface area contributed by atoms with Crippen molar-refractivity contribution >= 4 is 71.7 Å². The van der Waals surface area contributed by atoms with Crippen molar-refractivity contribution in [2.75, 3.05) is 18.0 Å². The smallest absolute Gasteiger partial charge is 0.231 e. The molecule has 0 aliphatic carbocycles. The lowest BCUT2D eigenvalue weighted by Crippen LogP contribution is -2.29. The van der Waals surface area contributed by atoms with Gasteiger partial charge in [-0.15, -0.1) is 32.9 Å². The maximum Gasteiger partial charge on any atom is 0.231 e. The molecule has 4 heterocycles. The minimum atomic E-state index is 0.653. The molecule has 3 aromatic heterocycles. The number of rotatable bonds is 7. The third-order valence-electron chi connectivity index (χ3n) is 5.75. The minimum Gasteiger partial charge on any atom is -0.372 e. The van der Waals surface area contributed by atoms with E-state index in [2.05, 4.69) is 63.4 Å². The molecule has 8 heteroatoms. The van der Waals surface area contributed by atoms with E-state index in [-0.39, 0.29) is 0 Å². The Bertz CT molecular complexity index is 1330. The van der Waals surface area contributed by atoms with Crippen LogP contribution in [0.3, 0.4) is 0 Å². The van der Waals surface area contributed by atoms with Crippen LogP contribution in [-0.4, -0.2) is 18.1 Å². The number of thiazole rings is 1. The molecule has 1 aliphatic heterocycles. The Morgan fingerprint density at radius 3 is 2.62 bits per heavy atom. The highest BCUT2D eigenvalue weighted by molar-refractivity contribution is 7.29. The van der Waals surface area contributed by atoms with Crippen molar-refractivity contribution in [1.29, 1.82) is 5.26 Å².